The van der Waals surface area contributed by atoms with Gasteiger partial charge in [-0.05, 0) is 33.6 Å². The summed E-state index contributed by atoms with van der Waals surface area (Å²) < 4.78 is 23.1. The molecular weight excluding hydrogens is 267 g/mol. The largest absolute Gasteiger partial charge is 0.493 e. The van der Waals surface area contributed by atoms with Crippen LogP contribution in [0.1, 0.15) is 11.7 Å². The molecule has 1 atom stereocenters. The van der Waals surface area contributed by atoms with E-state index in [0.717, 1.165) is 0 Å². The van der Waals surface area contributed by atoms with E-state index in [1.807, 2.05) is 0 Å². The van der Waals surface area contributed by atoms with Gasteiger partial charge in [0, 0.05) is 0 Å². The van der Waals surface area contributed by atoms with E-state index in [0.29, 0.717) is 21.5 Å². The highest BCUT2D eigenvalue weighted by molar-refractivity contribution is 9.10. The summed E-state index contributed by atoms with van der Waals surface area (Å²) >= 11 is 3.26. The Morgan fingerprint density at radius 2 is 2.07 bits per heavy atom. The molecule has 1 rings (SSSR count). The van der Waals surface area contributed by atoms with Gasteiger partial charge in [0.15, 0.2) is 11.5 Å². The fourth-order valence-corrected chi connectivity index (χ4v) is 1.84. The average Bonchev–Trinajstić information content (AvgIpc) is 2.26. The smallest absolute Gasteiger partial charge is 0.174 e. The number of alkyl halides is 1. The van der Waals surface area contributed by atoms with E-state index < -0.39 is 12.8 Å². The van der Waals surface area contributed by atoms with Crippen molar-refractivity contribution in [1.29, 1.82) is 0 Å². The van der Waals surface area contributed by atoms with Gasteiger partial charge in [0.05, 0.1) is 18.7 Å². The third-order valence-corrected chi connectivity index (χ3v) is 2.58. The molecule has 0 saturated carbocycles. The van der Waals surface area contributed by atoms with Gasteiger partial charge in [0.25, 0.3) is 0 Å². The molecular formula is C10H12BrFO3. The van der Waals surface area contributed by atoms with E-state index in [2.05, 4.69) is 15.9 Å². The zero-order chi connectivity index (χ0) is 11.4. The second-order valence-corrected chi connectivity index (χ2v) is 3.76. The Hall–Kier alpha value is -0.810. The van der Waals surface area contributed by atoms with Crippen LogP contribution in [0.2, 0.25) is 0 Å². The maximum Gasteiger partial charge on any atom is 0.174 e. The molecule has 0 fully saturated rings. The van der Waals surface area contributed by atoms with Gasteiger partial charge in [-0.15, -0.1) is 0 Å². The van der Waals surface area contributed by atoms with Crippen molar-refractivity contribution in [3.8, 4) is 11.5 Å². The minimum Gasteiger partial charge on any atom is -0.493 e. The molecule has 0 radical (unpaired) electrons. The topological polar surface area (TPSA) is 38.7 Å². The maximum atomic E-state index is 12.3. The lowest BCUT2D eigenvalue weighted by Crippen LogP contribution is -2.01. The molecule has 0 amide bonds. The first kappa shape index (κ1) is 12.3. The highest BCUT2D eigenvalue weighted by Gasteiger charge is 2.14. The predicted molar refractivity (Wildman–Crippen MR) is 58.2 cm³/mol. The number of aliphatic hydroxyl groups excluding tert-OH is 1. The molecule has 0 aliphatic carbocycles. The van der Waals surface area contributed by atoms with Crippen LogP contribution >= 0.6 is 15.9 Å². The third kappa shape index (κ3) is 2.60. The molecule has 3 nitrogen and oxygen atoms in total. The number of hydrogen-bond acceptors (Lipinski definition) is 3. The van der Waals surface area contributed by atoms with Crippen molar-refractivity contribution in [2.75, 3.05) is 20.9 Å². The lowest BCUT2D eigenvalue weighted by atomic mass is 10.1. The van der Waals surface area contributed by atoms with E-state index in [9.17, 15) is 9.50 Å². The Morgan fingerprint density at radius 1 is 1.40 bits per heavy atom. The number of rotatable bonds is 4. The molecule has 5 heteroatoms. The lowest BCUT2D eigenvalue weighted by molar-refractivity contribution is 0.141. The molecule has 0 bridgehead atoms. The van der Waals surface area contributed by atoms with Crippen LogP contribution in [-0.4, -0.2) is 26.0 Å². The van der Waals surface area contributed by atoms with Gasteiger partial charge in [0.1, 0.15) is 12.8 Å². The predicted octanol–water partition coefficient (Wildman–Crippen LogP) is 2.47. The normalized spacial score (nSPS) is 12.3. The summed E-state index contributed by atoms with van der Waals surface area (Å²) in [6.45, 7) is -0.831. The quantitative estimate of drug-likeness (QED) is 0.920. The van der Waals surface area contributed by atoms with E-state index >= 15 is 0 Å². The Morgan fingerprint density at radius 3 is 2.53 bits per heavy atom. The molecule has 0 aliphatic heterocycles. The van der Waals surface area contributed by atoms with E-state index in [4.69, 9.17) is 9.47 Å². The minimum atomic E-state index is -1.14. The third-order valence-electron chi connectivity index (χ3n) is 1.99. The Bertz CT molecular complexity index is 344. The molecule has 84 valence electrons. The maximum absolute atomic E-state index is 12.3. The molecule has 0 aliphatic rings. The Labute approximate surface area is 95.9 Å². The van der Waals surface area contributed by atoms with Gasteiger partial charge < -0.3 is 14.6 Å². The van der Waals surface area contributed by atoms with Crippen LogP contribution in [0.5, 0.6) is 11.5 Å². The second kappa shape index (κ2) is 5.32. The van der Waals surface area contributed by atoms with Crippen LogP contribution in [0.4, 0.5) is 4.39 Å². The van der Waals surface area contributed by atoms with Crippen molar-refractivity contribution in [3.05, 3.63) is 22.2 Å². The summed E-state index contributed by atoms with van der Waals surface area (Å²) in [5.41, 5.74) is 0.446. The summed E-state index contributed by atoms with van der Waals surface area (Å²) in [7, 11) is 2.99. The van der Waals surface area contributed by atoms with Crippen molar-refractivity contribution in [2.45, 2.75) is 6.10 Å². The molecule has 0 saturated heterocycles. The molecule has 0 spiro atoms. The first-order chi connectivity index (χ1) is 7.13. The molecule has 1 aromatic carbocycles. The van der Waals surface area contributed by atoms with E-state index in [1.54, 1.807) is 12.1 Å². The van der Waals surface area contributed by atoms with Crippen LogP contribution in [-0.2, 0) is 0 Å². The second-order valence-electron chi connectivity index (χ2n) is 2.91. The van der Waals surface area contributed by atoms with Crippen LogP contribution in [0.25, 0.3) is 0 Å². The molecule has 0 aromatic heterocycles. The van der Waals surface area contributed by atoms with Gasteiger partial charge in [-0.3, -0.25) is 0 Å². The van der Waals surface area contributed by atoms with E-state index in [1.165, 1.54) is 14.2 Å². The standard InChI is InChI=1S/C10H12BrFO3/c1-14-9-4-6(8(13)5-12)3-7(11)10(9)15-2/h3-4,8,13H,5H2,1-2H3. The fourth-order valence-electron chi connectivity index (χ4n) is 1.22. The Balaban J connectivity index is 3.19. The van der Waals surface area contributed by atoms with Crippen LogP contribution in [0.3, 0.4) is 0 Å². The van der Waals surface area contributed by atoms with Gasteiger partial charge in [-0.1, -0.05) is 0 Å². The van der Waals surface area contributed by atoms with E-state index in [-0.39, 0.29) is 0 Å². The average molecular weight is 279 g/mol. The summed E-state index contributed by atoms with van der Waals surface area (Å²) in [6, 6.07) is 3.15. The van der Waals surface area contributed by atoms with Gasteiger partial charge >= 0.3 is 0 Å². The monoisotopic (exact) mass is 278 g/mol. The summed E-state index contributed by atoms with van der Waals surface area (Å²) in [5, 5.41) is 9.35. The molecule has 0 heterocycles. The van der Waals surface area contributed by atoms with Gasteiger partial charge in [0.2, 0.25) is 0 Å². The van der Waals surface area contributed by atoms with Crippen molar-refractivity contribution < 1.29 is 19.0 Å². The highest BCUT2D eigenvalue weighted by Crippen LogP contribution is 2.37. The number of aliphatic hydroxyl groups is 1. The number of methoxy groups -OCH3 is 2. The number of hydrogen-bond donors (Lipinski definition) is 1. The van der Waals surface area contributed by atoms with Crippen LogP contribution in [0, 0.1) is 0 Å². The van der Waals surface area contributed by atoms with Gasteiger partial charge in [-0.25, -0.2) is 4.39 Å². The summed E-state index contributed by atoms with van der Waals surface area (Å²) in [6.07, 6.45) is -1.14. The zero-order valence-electron chi connectivity index (χ0n) is 8.46. The lowest BCUT2D eigenvalue weighted by Gasteiger charge is -2.13. The SMILES string of the molecule is COc1cc(C(O)CF)cc(Br)c1OC. The minimum absolute atomic E-state index is 0.446. The van der Waals surface area contributed by atoms with Crippen molar-refractivity contribution in [1.82, 2.24) is 0 Å². The zero-order valence-corrected chi connectivity index (χ0v) is 10.0. The highest BCUT2D eigenvalue weighted by atomic mass is 79.9. The Kier molecular flexibility index (Phi) is 4.35. The van der Waals surface area contributed by atoms with Crippen molar-refractivity contribution in [3.63, 3.8) is 0 Å². The van der Waals surface area contributed by atoms with Crippen molar-refractivity contribution in [2.24, 2.45) is 0 Å². The first-order valence-corrected chi connectivity index (χ1v) is 5.08. The molecule has 15 heavy (non-hydrogen) atoms. The molecule has 1 N–H and O–H groups in total. The first-order valence-electron chi connectivity index (χ1n) is 4.29. The number of halogens is 2. The summed E-state index contributed by atoms with van der Waals surface area (Å²) in [4.78, 5) is 0. The van der Waals surface area contributed by atoms with Crippen LogP contribution < -0.4 is 9.47 Å². The van der Waals surface area contributed by atoms with Crippen molar-refractivity contribution >= 4 is 15.9 Å². The number of benzene rings is 1. The molecule has 1 unspecified atom stereocenters. The van der Waals surface area contributed by atoms with Crippen LogP contribution in [0.15, 0.2) is 16.6 Å². The molecule has 1 aromatic rings. The summed E-state index contributed by atoms with van der Waals surface area (Å²) in [5.74, 6) is 0.974. The fraction of sp³-hybridized carbons (Fsp3) is 0.400. The number of ether oxygens (including phenoxy) is 2. The van der Waals surface area contributed by atoms with Gasteiger partial charge in [-0.2, -0.15) is 0 Å².